The Balaban J connectivity index is 1.96. The number of aromatic nitrogens is 2. The standard InChI is InChI=1S/C23H22FN3O/c1-13-5-6-14(23(2,3)4)11-19(13)27-21-16-9-10-25-22(28)20(16)17-12-15(24)7-8-18(17)26-21/h5-12H,1-4H3,(H,25,28)(H,26,27). The van der Waals surface area contributed by atoms with Gasteiger partial charge in [-0.3, -0.25) is 4.79 Å². The Labute approximate surface area is 162 Å². The Morgan fingerprint density at radius 1 is 1.04 bits per heavy atom. The molecule has 2 heterocycles. The number of H-pyrrole nitrogens is 1. The van der Waals surface area contributed by atoms with Crippen molar-refractivity contribution in [3.05, 3.63) is 76.0 Å². The molecule has 0 unspecified atom stereocenters. The predicted molar refractivity (Wildman–Crippen MR) is 113 cm³/mol. The van der Waals surface area contributed by atoms with E-state index in [0.717, 1.165) is 11.3 Å². The first kappa shape index (κ1) is 18.2. The number of anilines is 2. The Bertz CT molecular complexity index is 1270. The lowest BCUT2D eigenvalue weighted by Crippen LogP contribution is -2.12. The van der Waals surface area contributed by atoms with E-state index < -0.39 is 5.82 Å². The molecule has 0 atom stereocenters. The van der Waals surface area contributed by atoms with Gasteiger partial charge in [0.1, 0.15) is 11.6 Å². The van der Waals surface area contributed by atoms with Gasteiger partial charge in [0.25, 0.3) is 5.56 Å². The van der Waals surface area contributed by atoms with Crippen LogP contribution in [0.15, 0.2) is 53.5 Å². The molecule has 0 amide bonds. The van der Waals surface area contributed by atoms with E-state index >= 15 is 0 Å². The molecule has 0 saturated heterocycles. The first-order valence-corrected chi connectivity index (χ1v) is 9.23. The maximum atomic E-state index is 13.8. The lowest BCUT2D eigenvalue weighted by Gasteiger charge is -2.21. The average Bonchev–Trinajstić information content (AvgIpc) is 2.63. The largest absolute Gasteiger partial charge is 0.339 e. The van der Waals surface area contributed by atoms with E-state index in [4.69, 9.17) is 0 Å². The van der Waals surface area contributed by atoms with Crippen LogP contribution in [0.25, 0.3) is 21.7 Å². The third kappa shape index (κ3) is 3.13. The van der Waals surface area contributed by atoms with Crippen LogP contribution >= 0.6 is 0 Å². The third-order valence-corrected chi connectivity index (χ3v) is 5.03. The molecule has 2 N–H and O–H groups in total. The number of rotatable bonds is 2. The SMILES string of the molecule is Cc1ccc(C(C)(C)C)cc1Nc1nc2ccc(F)cc2c2c(=O)[nH]ccc12. The highest BCUT2D eigenvalue weighted by Gasteiger charge is 2.17. The van der Waals surface area contributed by atoms with E-state index in [-0.39, 0.29) is 11.0 Å². The van der Waals surface area contributed by atoms with Gasteiger partial charge in [-0.1, -0.05) is 32.9 Å². The summed E-state index contributed by atoms with van der Waals surface area (Å²) in [6.45, 7) is 8.53. The number of aryl methyl sites for hydroxylation is 1. The highest BCUT2D eigenvalue weighted by Crippen LogP contribution is 2.32. The van der Waals surface area contributed by atoms with Gasteiger partial charge >= 0.3 is 0 Å². The fourth-order valence-electron chi connectivity index (χ4n) is 3.38. The van der Waals surface area contributed by atoms with Crippen molar-refractivity contribution in [1.29, 1.82) is 0 Å². The zero-order chi connectivity index (χ0) is 20.1. The lowest BCUT2D eigenvalue weighted by atomic mass is 9.86. The predicted octanol–water partition coefficient (Wildman–Crippen LogP) is 5.56. The molecule has 5 heteroatoms. The van der Waals surface area contributed by atoms with Crippen LogP contribution < -0.4 is 10.9 Å². The number of nitrogens with one attached hydrogen (secondary N) is 2. The Kier molecular flexibility index (Phi) is 4.18. The summed E-state index contributed by atoms with van der Waals surface area (Å²) < 4.78 is 13.8. The molecule has 0 fully saturated rings. The van der Waals surface area contributed by atoms with Crippen LogP contribution in [0.1, 0.15) is 31.9 Å². The van der Waals surface area contributed by atoms with E-state index in [0.29, 0.717) is 27.5 Å². The molecule has 0 radical (unpaired) electrons. The first-order valence-electron chi connectivity index (χ1n) is 9.23. The molecule has 0 bridgehead atoms. The second-order valence-corrected chi connectivity index (χ2v) is 8.12. The number of benzene rings is 2. The van der Waals surface area contributed by atoms with Gasteiger partial charge in [0, 0.05) is 22.7 Å². The molecule has 0 aliphatic carbocycles. The summed E-state index contributed by atoms with van der Waals surface area (Å²) in [7, 11) is 0. The minimum absolute atomic E-state index is 0.0116. The zero-order valence-corrected chi connectivity index (χ0v) is 16.4. The van der Waals surface area contributed by atoms with Gasteiger partial charge in [-0.05, 0) is 53.8 Å². The monoisotopic (exact) mass is 375 g/mol. The molecule has 28 heavy (non-hydrogen) atoms. The van der Waals surface area contributed by atoms with Crippen LogP contribution in [0.2, 0.25) is 0 Å². The van der Waals surface area contributed by atoms with Gasteiger partial charge in [-0.2, -0.15) is 0 Å². The van der Waals surface area contributed by atoms with E-state index in [1.54, 1.807) is 18.3 Å². The van der Waals surface area contributed by atoms with Crippen molar-refractivity contribution in [2.24, 2.45) is 0 Å². The second-order valence-electron chi connectivity index (χ2n) is 8.12. The third-order valence-electron chi connectivity index (χ3n) is 5.03. The van der Waals surface area contributed by atoms with E-state index in [9.17, 15) is 9.18 Å². The van der Waals surface area contributed by atoms with Crippen LogP contribution in [0, 0.1) is 12.7 Å². The van der Waals surface area contributed by atoms with Gasteiger partial charge in [0.2, 0.25) is 0 Å². The average molecular weight is 375 g/mol. The highest BCUT2D eigenvalue weighted by atomic mass is 19.1. The number of halogens is 1. The summed E-state index contributed by atoms with van der Waals surface area (Å²) in [6, 6.07) is 12.4. The molecule has 0 aliphatic rings. The molecule has 0 spiro atoms. The van der Waals surface area contributed by atoms with Gasteiger partial charge in [-0.25, -0.2) is 9.37 Å². The summed E-state index contributed by atoms with van der Waals surface area (Å²) in [5.41, 5.74) is 3.52. The zero-order valence-electron chi connectivity index (χ0n) is 16.4. The quantitative estimate of drug-likeness (QED) is 0.451. The fourth-order valence-corrected chi connectivity index (χ4v) is 3.38. The van der Waals surface area contributed by atoms with E-state index in [2.05, 4.69) is 54.3 Å². The minimum atomic E-state index is -0.395. The Morgan fingerprint density at radius 2 is 1.82 bits per heavy atom. The van der Waals surface area contributed by atoms with Crippen LogP contribution in [0.3, 0.4) is 0 Å². The fraction of sp³-hybridized carbons (Fsp3) is 0.217. The van der Waals surface area contributed by atoms with Crippen LogP contribution in [0.4, 0.5) is 15.9 Å². The van der Waals surface area contributed by atoms with Gasteiger partial charge < -0.3 is 10.3 Å². The van der Waals surface area contributed by atoms with Crippen molar-refractivity contribution in [2.45, 2.75) is 33.1 Å². The lowest BCUT2D eigenvalue weighted by molar-refractivity contribution is 0.590. The van der Waals surface area contributed by atoms with Crippen molar-refractivity contribution < 1.29 is 4.39 Å². The van der Waals surface area contributed by atoms with Gasteiger partial charge in [0.15, 0.2) is 0 Å². The molecule has 0 aliphatic heterocycles. The normalized spacial score (nSPS) is 11.9. The smallest absolute Gasteiger partial charge is 0.256 e. The van der Waals surface area contributed by atoms with Crippen LogP contribution in [0.5, 0.6) is 0 Å². The van der Waals surface area contributed by atoms with Gasteiger partial charge in [-0.15, -0.1) is 0 Å². The van der Waals surface area contributed by atoms with Crippen LogP contribution in [-0.4, -0.2) is 9.97 Å². The van der Waals surface area contributed by atoms with Gasteiger partial charge in [0.05, 0.1) is 10.9 Å². The number of hydrogen-bond donors (Lipinski definition) is 2. The molecule has 4 rings (SSSR count). The number of aromatic amines is 1. The molecule has 4 aromatic rings. The van der Waals surface area contributed by atoms with Crippen molar-refractivity contribution >= 4 is 33.2 Å². The second kappa shape index (κ2) is 6.44. The van der Waals surface area contributed by atoms with E-state index in [1.807, 2.05) is 6.92 Å². The molecule has 2 aromatic carbocycles. The number of nitrogens with zero attached hydrogens (tertiary/aromatic N) is 1. The summed E-state index contributed by atoms with van der Waals surface area (Å²) in [5.74, 6) is 0.183. The highest BCUT2D eigenvalue weighted by molar-refractivity contribution is 6.10. The maximum Gasteiger partial charge on any atom is 0.256 e. The maximum absolute atomic E-state index is 13.8. The molecule has 2 aromatic heterocycles. The molecule has 0 saturated carbocycles. The Hall–Kier alpha value is -3.21. The van der Waals surface area contributed by atoms with Crippen molar-refractivity contribution in [1.82, 2.24) is 9.97 Å². The van der Waals surface area contributed by atoms with E-state index in [1.165, 1.54) is 17.7 Å². The number of fused-ring (bicyclic) bond motifs is 3. The first-order chi connectivity index (χ1) is 13.2. The Morgan fingerprint density at radius 3 is 2.57 bits per heavy atom. The summed E-state index contributed by atoms with van der Waals surface area (Å²) in [4.78, 5) is 19.9. The van der Waals surface area contributed by atoms with Crippen molar-refractivity contribution in [2.75, 3.05) is 5.32 Å². The summed E-state index contributed by atoms with van der Waals surface area (Å²) >= 11 is 0. The number of hydrogen-bond acceptors (Lipinski definition) is 3. The van der Waals surface area contributed by atoms with Crippen molar-refractivity contribution in [3.63, 3.8) is 0 Å². The van der Waals surface area contributed by atoms with Crippen molar-refractivity contribution in [3.8, 4) is 0 Å². The number of pyridine rings is 2. The topological polar surface area (TPSA) is 57.8 Å². The molecular weight excluding hydrogens is 353 g/mol. The summed E-state index contributed by atoms with van der Waals surface area (Å²) in [5, 5.41) is 4.99. The summed E-state index contributed by atoms with van der Waals surface area (Å²) in [6.07, 6.45) is 1.58. The molecule has 142 valence electrons. The van der Waals surface area contributed by atoms with Crippen LogP contribution in [-0.2, 0) is 5.41 Å². The minimum Gasteiger partial charge on any atom is -0.339 e. The molecular formula is C23H22FN3O. The molecule has 4 nitrogen and oxygen atoms in total.